The van der Waals surface area contributed by atoms with Crippen LogP contribution in [0.4, 0.5) is 0 Å². The number of ketones is 1. The first-order valence-electron chi connectivity index (χ1n) is 4.55. The first kappa shape index (κ1) is 9.19. The van der Waals surface area contributed by atoms with E-state index in [1.807, 2.05) is 0 Å². The van der Waals surface area contributed by atoms with Crippen LogP contribution in [-0.4, -0.2) is 5.78 Å². The van der Waals surface area contributed by atoms with E-state index >= 15 is 0 Å². The summed E-state index contributed by atoms with van der Waals surface area (Å²) in [5.41, 5.74) is 2.61. The topological polar surface area (TPSA) is 17.1 Å². The number of halogens is 1. The van der Waals surface area contributed by atoms with E-state index in [-0.39, 0.29) is 0 Å². The van der Waals surface area contributed by atoms with Gasteiger partial charge >= 0.3 is 0 Å². The van der Waals surface area contributed by atoms with E-state index in [9.17, 15) is 4.79 Å². The SMILES string of the molecule is O=C1CCCc2cc(I)ccc2C1. The lowest BCUT2D eigenvalue weighted by atomic mass is 10.0. The highest BCUT2D eigenvalue weighted by molar-refractivity contribution is 14.1. The van der Waals surface area contributed by atoms with Gasteiger partial charge in [-0.15, -0.1) is 0 Å². The molecule has 1 aliphatic carbocycles. The third kappa shape index (κ3) is 2.10. The summed E-state index contributed by atoms with van der Waals surface area (Å²) < 4.78 is 1.27. The van der Waals surface area contributed by atoms with Gasteiger partial charge in [0.2, 0.25) is 0 Å². The molecule has 0 aliphatic heterocycles. The Morgan fingerprint density at radius 3 is 2.85 bits per heavy atom. The van der Waals surface area contributed by atoms with Crippen molar-refractivity contribution in [3.8, 4) is 0 Å². The van der Waals surface area contributed by atoms with Crippen molar-refractivity contribution in [1.29, 1.82) is 0 Å². The molecule has 0 heterocycles. The summed E-state index contributed by atoms with van der Waals surface area (Å²) in [4.78, 5) is 11.3. The molecular formula is C11H11IO. The van der Waals surface area contributed by atoms with Crippen LogP contribution in [0.25, 0.3) is 0 Å². The van der Waals surface area contributed by atoms with Crippen molar-refractivity contribution in [2.75, 3.05) is 0 Å². The van der Waals surface area contributed by atoms with E-state index in [2.05, 4.69) is 40.8 Å². The summed E-state index contributed by atoms with van der Waals surface area (Å²) in [5, 5.41) is 0. The predicted molar refractivity (Wildman–Crippen MR) is 60.8 cm³/mol. The number of aryl methyl sites for hydroxylation is 1. The second-order valence-electron chi connectivity index (χ2n) is 3.48. The summed E-state index contributed by atoms with van der Waals surface area (Å²) in [5.74, 6) is 0.389. The summed E-state index contributed by atoms with van der Waals surface area (Å²) in [6.45, 7) is 0. The molecule has 0 bridgehead atoms. The minimum Gasteiger partial charge on any atom is -0.299 e. The Morgan fingerprint density at radius 2 is 2.00 bits per heavy atom. The fourth-order valence-corrected chi connectivity index (χ4v) is 2.33. The largest absolute Gasteiger partial charge is 0.299 e. The van der Waals surface area contributed by atoms with Gasteiger partial charge in [-0.05, 0) is 58.7 Å². The normalized spacial score (nSPS) is 16.5. The minimum atomic E-state index is 0.389. The quantitative estimate of drug-likeness (QED) is 0.529. The van der Waals surface area contributed by atoms with Crippen LogP contribution in [0.3, 0.4) is 0 Å². The Morgan fingerprint density at radius 1 is 1.15 bits per heavy atom. The van der Waals surface area contributed by atoms with Crippen molar-refractivity contribution >= 4 is 28.4 Å². The van der Waals surface area contributed by atoms with Crippen molar-refractivity contribution in [2.24, 2.45) is 0 Å². The van der Waals surface area contributed by atoms with E-state index in [1.165, 1.54) is 14.7 Å². The number of carbonyl (C=O) groups excluding carboxylic acids is 1. The molecule has 0 fully saturated rings. The van der Waals surface area contributed by atoms with Gasteiger partial charge in [-0.2, -0.15) is 0 Å². The molecule has 1 aromatic rings. The third-order valence-electron chi connectivity index (χ3n) is 2.46. The number of carbonyl (C=O) groups is 1. The lowest BCUT2D eigenvalue weighted by Crippen LogP contribution is -1.99. The zero-order valence-corrected chi connectivity index (χ0v) is 9.50. The van der Waals surface area contributed by atoms with E-state index in [0.29, 0.717) is 12.2 Å². The Labute approximate surface area is 91.7 Å². The van der Waals surface area contributed by atoms with Crippen LogP contribution in [0.1, 0.15) is 24.0 Å². The van der Waals surface area contributed by atoms with Crippen LogP contribution >= 0.6 is 22.6 Å². The van der Waals surface area contributed by atoms with E-state index in [0.717, 1.165) is 19.3 Å². The summed E-state index contributed by atoms with van der Waals surface area (Å²) >= 11 is 2.32. The van der Waals surface area contributed by atoms with E-state index < -0.39 is 0 Å². The number of benzene rings is 1. The fourth-order valence-electron chi connectivity index (χ4n) is 1.78. The molecule has 0 atom stereocenters. The first-order chi connectivity index (χ1) is 6.25. The molecule has 2 rings (SSSR count). The van der Waals surface area contributed by atoms with Gasteiger partial charge in [0.15, 0.2) is 0 Å². The van der Waals surface area contributed by atoms with Gasteiger partial charge in [-0.25, -0.2) is 0 Å². The van der Waals surface area contributed by atoms with Crippen molar-refractivity contribution in [3.63, 3.8) is 0 Å². The molecule has 13 heavy (non-hydrogen) atoms. The van der Waals surface area contributed by atoms with Crippen LogP contribution < -0.4 is 0 Å². The fraction of sp³-hybridized carbons (Fsp3) is 0.364. The minimum absolute atomic E-state index is 0.389. The van der Waals surface area contributed by atoms with Crippen molar-refractivity contribution < 1.29 is 4.79 Å². The molecule has 0 aromatic heterocycles. The standard InChI is InChI=1S/C11H11IO/c12-10-5-4-9-7-11(13)3-1-2-8(9)6-10/h4-6H,1-3,7H2. The van der Waals surface area contributed by atoms with Crippen LogP contribution in [0.2, 0.25) is 0 Å². The molecule has 0 N–H and O–H groups in total. The van der Waals surface area contributed by atoms with Crippen LogP contribution in [0, 0.1) is 3.57 Å². The zero-order chi connectivity index (χ0) is 9.26. The molecule has 0 radical (unpaired) electrons. The predicted octanol–water partition coefficient (Wildman–Crippen LogP) is 2.74. The Balaban J connectivity index is 2.40. The highest BCUT2D eigenvalue weighted by atomic mass is 127. The number of hydrogen-bond acceptors (Lipinski definition) is 1. The number of fused-ring (bicyclic) bond motifs is 1. The molecule has 1 aliphatic rings. The number of hydrogen-bond donors (Lipinski definition) is 0. The number of Topliss-reactive ketones (excluding diaryl/α,β-unsaturated/α-hetero) is 1. The molecule has 0 amide bonds. The van der Waals surface area contributed by atoms with Gasteiger partial charge in [-0.3, -0.25) is 4.79 Å². The molecule has 0 saturated carbocycles. The van der Waals surface area contributed by atoms with Crippen LogP contribution in [0.15, 0.2) is 18.2 Å². The maximum atomic E-state index is 11.3. The maximum absolute atomic E-state index is 11.3. The van der Waals surface area contributed by atoms with Gasteiger partial charge in [0.05, 0.1) is 0 Å². The zero-order valence-electron chi connectivity index (χ0n) is 7.35. The van der Waals surface area contributed by atoms with E-state index in [4.69, 9.17) is 0 Å². The lowest BCUT2D eigenvalue weighted by molar-refractivity contribution is -0.118. The van der Waals surface area contributed by atoms with Crippen molar-refractivity contribution in [2.45, 2.75) is 25.7 Å². The van der Waals surface area contributed by atoms with Crippen molar-refractivity contribution in [3.05, 3.63) is 32.9 Å². The summed E-state index contributed by atoms with van der Waals surface area (Å²) in [6.07, 6.45) is 3.49. The second-order valence-corrected chi connectivity index (χ2v) is 4.73. The molecular weight excluding hydrogens is 275 g/mol. The molecule has 1 aromatic carbocycles. The Hall–Kier alpha value is -0.380. The monoisotopic (exact) mass is 286 g/mol. The van der Waals surface area contributed by atoms with Gasteiger partial charge in [0, 0.05) is 16.4 Å². The third-order valence-corrected chi connectivity index (χ3v) is 3.13. The maximum Gasteiger partial charge on any atom is 0.137 e. The van der Waals surface area contributed by atoms with Crippen LogP contribution in [-0.2, 0) is 17.6 Å². The first-order valence-corrected chi connectivity index (χ1v) is 5.62. The molecule has 0 unspecified atom stereocenters. The van der Waals surface area contributed by atoms with Gasteiger partial charge in [0.1, 0.15) is 5.78 Å². The van der Waals surface area contributed by atoms with Crippen molar-refractivity contribution in [1.82, 2.24) is 0 Å². The molecule has 0 saturated heterocycles. The van der Waals surface area contributed by atoms with Crippen LogP contribution in [0.5, 0.6) is 0 Å². The molecule has 1 nitrogen and oxygen atoms in total. The second kappa shape index (κ2) is 3.78. The van der Waals surface area contributed by atoms with Gasteiger partial charge in [-0.1, -0.05) is 6.07 Å². The highest BCUT2D eigenvalue weighted by Gasteiger charge is 2.12. The lowest BCUT2D eigenvalue weighted by Gasteiger charge is -2.04. The van der Waals surface area contributed by atoms with Gasteiger partial charge in [0.25, 0.3) is 0 Å². The summed E-state index contributed by atoms with van der Waals surface area (Å²) in [7, 11) is 0. The Kier molecular flexibility index (Phi) is 2.67. The highest BCUT2D eigenvalue weighted by Crippen LogP contribution is 2.20. The molecule has 2 heteroatoms. The smallest absolute Gasteiger partial charge is 0.137 e. The Bertz CT molecular complexity index is 344. The van der Waals surface area contributed by atoms with Gasteiger partial charge < -0.3 is 0 Å². The number of rotatable bonds is 0. The molecule has 68 valence electrons. The average molecular weight is 286 g/mol. The van der Waals surface area contributed by atoms with E-state index in [1.54, 1.807) is 0 Å². The molecule has 0 spiro atoms. The average Bonchev–Trinajstić information content (AvgIpc) is 2.25. The summed E-state index contributed by atoms with van der Waals surface area (Å²) in [6, 6.07) is 6.38.